The van der Waals surface area contributed by atoms with Gasteiger partial charge in [-0.2, -0.15) is 0 Å². The predicted molar refractivity (Wildman–Crippen MR) is 70.0 cm³/mol. The zero-order chi connectivity index (χ0) is 12.1. The molecular formula is C14H26N2O. The van der Waals surface area contributed by atoms with Crippen molar-refractivity contribution < 1.29 is 4.79 Å². The van der Waals surface area contributed by atoms with E-state index in [2.05, 4.69) is 0 Å². The van der Waals surface area contributed by atoms with E-state index in [4.69, 9.17) is 0 Å². The van der Waals surface area contributed by atoms with Crippen molar-refractivity contribution in [1.82, 2.24) is 9.80 Å². The number of piperidine rings is 1. The van der Waals surface area contributed by atoms with E-state index in [0.29, 0.717) is 0 Å². The Labute approximate surface area is 105 Å². The highest BCUT2D eigenvalue weighted by molar-refractivity contribution is 5.74. The topological polar surface area (TPSA) is 23.6 Å². The Bertz CT molecular complexity index is 243. The van der Waals surface area contributed by atoms with Crippen LogP contribution in [-0.4, -0.2) is 42.5 Å². The molecule has 0 aromatic rings. The number of carbonyl (C=O) groups excluding carboxylic acids is 1. The molecule has 1 saturated heterocycles. The lowest BCUT2D eigenvalue weighted by molar-refractivity contribution is 0.142. The molecule has 1 aliphatic carbocycles. The molecule has 3 heteroatoms. The van der Waals surface area contributed by atoms with Crippen LogP contribution in [0.2, 0.25) is 0 Å². The standard InChI is InChI=1S/C14H26N2O/c1-15(12-13-8-4-2-5-9-13)14(17)16-10-6-3-7-11-16/h13H,2-12H2,1H3. The molecule has 0 atom stereocenters. The average molecular weight is 238 g/mol. The first-order chi connectivity index (χ1) is 8.27. The molecule has 2 amide bonds. The highest BCUT2D eigenvalue weighted by Gasteiger charge is 2.23. The van der Waals surface area contributed by atoms with E-state index in [1.807, 2.05) is 16.8 Å². The van der Waals surface area contributed by atoms with E-state index >= 15 is 0 Å². The molecule has 98 valence electrons. The van der Waals surface area contributed by atoms with Gasteiger partial charge in [-0.15, -0.1) is 0 Å². The van der Waals surface area contributed by atoms with Gasteiger partial charge in [0.1, 0.15) is 0 Å². The molecule has 0 bridgehead atoms. The van der Waals surface area contributed by atoms with E-state index in [-0.39, 0.29) is 6.03 Å². The number of rotatable bonds is 2. The quantitative estimate of drug-likeness (QED) is 0.725. The molecule has 1 saturated carbocycles. The summed E-state index contributed by atoms with van der Waals surface area (Å²) in [4.78, 5) is 16.2. The Morgan fingerprint density at radius 1 is 1.06 bits per heavy atom. The molecule has 3 nitrogen and oxygen atoms in total. The van der Waals surface area contributed by atoms with Crippen molar-refractivity contribution in [2.24, 2.45) is 5.92 Å². The Morgan fingerprint density at radius 2 is 1.65 bits per heavy atom. The second-order valence-electron chi connectivity index (χ2n) is 5.71. The third-order valence-corrected chi connectivity index (χ3v) is 4.21. The molecule has 2 fully saturated rings. The fraction of sp³-hybridized carbons (Fsp3) is 0.929. The van der Waals surface area contributed by atoms with Crippen molar-refractivity contribution in [3.8, 4) is 0 Å². The summed E-state index contributed by atoms with van der Waals surface area (Å²) in [5, 5.41) is 0. The summed E-state index contributed by atoms with van der Waals surface area (Å²) in [7, 11) is 1.98. The number of urea groups is 1. The van der Waals surface area contributed by atoms with E-state index in [1.165, 1.54) is 51.4 Å². The minimum absolute atomic E-state index is 0.260. The van der Waals surface area contributed by atoms with Gasteiger partial charge in [0, 0.05) is 26.7 Å². The monoisotopic (exact) mass is 238 g/mol. The number of hydrogen-bond donors (Lipinski definition) is 0. The molecule has 0 N–H and O–H groups in total. The van der Waals surface area contributed by atoms with Gasteiger partial charge in [0.15, 0.2) is 0 Å². The lowest BCUT2D eigenvalue weighted by Gasteiger charge is -2.33. The maximum atomic E-state index is 12.2. The first-order valence-electron chi connectivity index (χ1n) is 7.27. The Balaban J connectivity index is 1.77. The van der Waals surface area contributed by atoms with Crippen LogP contribution in [0.15, 0.2) is 0 Å². The minimum atomic E-state index is 0.260. The second kappa shape index (κ2) is 6.27. The van der Waals surface area contributed by atoms with Crippen LogP contribution in [0.4, 0.5) is 4.79 Å². The molecule has 2 rings (SSSR count). The van der Waals surface area contributed by atoms with Gasteiger partial charge in [-0.05, 0) is 38.0 Å². The van der Waals surface area contributed by atoms with Gasteiger partial charge in [-0.25, -0.2) is 4.79 Å². The minimum Gasteiger partial charge on any atom is -0.327 e. The van der Waals surface area contributed by atoms with Crippen molar-refractivity contribution >= 4 is 6.03 Å². The molecule has 0 aromatic heterocycles. The van der Waals surface area contributed by atoms with Gasteiger partial charge in [0.05, 0.1) is 0 Å². The molecule has 0 spiro atoms. The summed E-state index contributed by atoms with van der Waals surface area (Å²) < 4.78 is 0. The molecule has 1 heterocycles. The maximum Gasteiger partial charge on any atom is 0.319 e. The van der Waals surface area contributed by atoms with Crippen molar-refractivity contribution in [3.05, 3.63) is 0 Å². The van der Waals surface area contributed by atoms with Gasteiger partial charge in [0.25, 0.3) is 0 Å². The van der Waals surface area contributed by atoms with Crippen LogP contribution in [-0.2, 0) is 0 Å². The van der Waals surface area contributed by atoms with Crippen LogP contribution >= 0.6 is 0 Å². The molecule has 0 radical (unpaired) electrons. The lowest BCUT2D eigenvalue weighted by Crippen LogP contribution is -2.45. The first-order valence-corrected chi connectivity index (χ1v) is 7.27. The van der Waals surface area contributed by atoms with Gasteiger partial charge < -0.3 is 9.80 Å². The summed E-state index contributed by atoms with van der Waals surface area (Å²) in [6.07, 6.45) is 10.4. The van der Waals surface area contributed by atoms with Gasteiger partial charge in [-0.1, -0.05) is 19.3 Å². The molecule has 17 heavy (non-hydrogen) atoms. The second-order valence-corrected chi connectivity index (χ2v) is 5.71. The van der Waals surface area contributed by atoms with E-state index in [9.17, 15) is 4.79 Å². The van der Waals surface area contributed by atoms with E-state index in [0.717, 1.165) is 25.6 Å². The smallest absolute Gasteiger partial charge is 0.319 e. The summed E-state index contributed by atoms with van der Waals surface area (Å²) in [5.74, 6) is 0.752. The maximum absolute atomic E-state index is 12.2. The third kappa shape index (κ3) is 3.62. The SMILES string of the molecule is CN(CC1CCCCC1)C(=O)N1CCCCC1. The molecular weight excluding hydrogens is 212 g/mol. The van der Waals surface area contributed by atoms with Crippen LogP contribution in [0, 0.1) is 5.92 Å². The highest BCUT2D eigenvalue weighted by atomic mass is 16.2. The Hall–Kier alpha value is -0.730. The molecule has 1 aliphatic heterocycles. The summed E-state index contributed by atoms with van der Waals surface area (Å²) >= 11 is 0. The zero-order valence-corrected chi connectivity index (χ0v) is 11.2. The zero-order valence-electron chi connectivity index (χ0n) is 11.2. The Morgan fingerprint density at radius 3 is 2.29 bits per heavy atom. The predicted octanol–water partition coefficient (Wildman–Crippen LogP) is 3.10. The van der Waals surface area contributed by atoms with E-state index in [1.54, 1.807) is 0 Å². The summed E-state index contributed by atoms with van der Waals surface area (Å²) in [5.41, 5.74) is 0. The number of hydrogen-bond acceptors (Lipinski definition) is 1. The molecule has 0 unspecified atom stereocenters. The number of nitrogens with zero attached hydrogens (tertiary/aromatic N) is 2. The average Bonchev–Trinajstić information content (AvgIpc) is 2.40. The number of likely N-dealkylation sites (tertiary alicyclic amines) is 1. The Kier molecular flexibility index (Phi) is 4.69. The third-order valence-electron chi connectivity index (χ3n) is 4.21. The van der Waals surface area contributed by atoms with Gasteiger partial charge >= 0.3 is 6.03 Å². The number of amides is 2. The highest BCUT2D eigenvalue weighted by Crippen LogP contribution is 2.24. The fourth-order valence-electron chi connectivity index (χ4n) is 3.16. The van der Waals surface area contributed by atoms with Crippen molar-refractivity contribution in [2.45, 2.75) is 51.4 Å². The van der Waals surface area contributed by atoms with Crippen molar-refractivity contribution in [2.75, 3.05) is 26.7 Å². The largest absolute Gasteiger partial charge is 0.327 e. The molecule has 0 aromatic carbocycles. The van der Waals surface area contributed by atoms with Crippen LogP contribution in [0.5, 0.6) is 0 Å². The molecule has 2 aliphatic rings. The first kappa shape index (κ1) is 12.7. The van der Waals surface area contributed by atoms with Gasteiger partial charge in [0.2, 0.25) is 0 Å². The van der Waals surface area contributed by atoms with Crippen LogP contribution in [0.1, 0.15) is 51.4 Å². The van der Waals surface area contributed by atoms with Crippen LogP contribution in [0.3, 0.4) is 0 Å². The van der Waals surface area contributed by atoms with Crippen molar-refractivity contribution in [1.29, 1.82) is 0 Å². The summed E-state index contributed by atoms with van der Waals surface area (Å²) in [6.45, 7) is 2.90. The fourth-order valence-corrected chi connectivity index (χ4v) is 3.16. The number of carbonyl (C=O) groups is 1. The normalized spacial score (nSPS) is 22.5. The lowest BCUT2D eigenvalue weighted by atomic mass is 9.89. The van der Waals surface area contributed by atoms with Crippen LogP contribution < -0.4 is 0 Å². The van der Waals surface area contributed by atoms with E-state index < -0.39 is 0 Å². The van der Waals surface area contributed by atoms with Crippen LogP contribution in [0.25, 0.3) is 0 Å². The summed E-state index contributed by atoms with van der Waals surface area (Å²) in [6, 6.07) is 0.260. The van der Waals surface area contributed by atoms with Gasteiger partial charge in [-0.3, -0.25) is 0 Å². The van der Waals surface area contributed by atoms with Crippen molar-refractivity contribution in [3.63, 3.8) is 0 Å².